The van der Waals surface area contributed by atoms with Crippen molar-refractivity contribution in [2.75, 3.05) is 6.54 Å². The van der Waals surface area contributed by atoms with E-state index in [4.69, 9.17) is 11.6 Å². The molecule has 0 saturated carbocycles. The number of rotatable bonds is 2. The number of halogens is 2. The van der Waals surface area contributed by atoms with Crippen LogP contribution in [0.5, 0.6) is 0 Å². The standard InChI is InChI=1S/C19H16ClFN2O2/c20-13-5-4-11-7-17(22-16(11)8-13)19(25)23-10-15(24)9-18(23)12-2-1-3-14(21)6-12/h1-8,15,18,22,24H,9-10H2/t15-,18-/m1/s1. The number of aliphatic hydroxyl groups is 1. The zero-order chi connectivity index (χ0) is 17.6. The number of aromatic nitrogens is 1. The molecule has 25 heavy (non-hydrogen) atoms. The van der Waals surface area contributed by atoms with Crippen LogP contribution in [0, 0.1) is 5.82 Å². The number of carbonyl (C=O) groups excluding carboxylic acids is 1. The van der Waals surface area contributed by atoms with E-state index in [2.05, 4.69) is 4.98 Å². The molecule has 4 rings (SSSR count). The molecule has 0 spiro atoms. The van der Waals surface area contributed by atoms with Gasteiger partial charge >= 0.3 is 0 Å². The Hall–Kier alpha value is -2.37. The summed E-state index contributed by atoms with van der Waals surface area (Å²) in [7, 11) is 0. The molecular formula is C19H16ClFN2O2. The summed E-state index contributed by atoms with van der Waals surface area (Å²) in [6.45, 7) is 0.218. The number of fused-ring (bicyclic) bond motifs is 1. The number of hydrogen-bond donors (Lipinski definition) is 2. The Bertz CT molecular complexity index is 956. The van der Waals surface area contributed by atoms with Crippen LogP contribution in [0.4, 0.5) is 4.39 Å². The Morgan fingerprint density at radius 2 is 2.08 bits per heavy atom. The molecule has 1 saturated heterocycles. The minimum absolute atomic E-state index is 0.218. The van der Waals surface area contributed by atoms with Gasteiger partial charge in [0.25, 0.3) is 5.91 Å². The van der Waals surface area contributed by atoms with E-state index in [1.807, 2.05) is 6.07 Å². The van der Waals surface area contributed by atoms with Crippen LogP contribution < -0.4 is 0 Å². The first-order chi connectivity index (χ1) is 12.0. The topological polar surface area (TPSA) is 56.3 Å². The fraction of sp³-hybridized carbons (Fsp3) is 0.211. The van der Waals surface area contributed by atoms with Gasteiger partial charge in [0.2, 0.25) is 0 Å². The Balaban J connectivity index is 1.69. The molecule has 2 aromatic carbocycles. The van der Waals surface area contributed by atoms with Crippen LogP contribution >= 0.6 is 11.6 Å². The number of carbonyl (C=O) groups is 1. The van der Waals surface area contributed by atoms with Gasteiger partial charge in [-0.05, 0) is 42.3 Å². The van der Waals surface area contributed by atoms with Crippen LogP contribution in [-0.2, 0) is 0 Å². The van der Waals surface area contributed by atoms with Gasteiger partial charge in [-0.1, -0.05) is 29.8 Å². The fourth-order valence-electron chi connectivity index (χ4n) is 3.44. The fourth-order valence-corrected chi connectivity index (χ4v) is 3.61. The van der Waals surface area contributed by atoms with E-state index in [1.54, 1.807) is 35.2 Å². The number of H-pyrrole nitrogens is 1. The largest absolute Gasteiger partial charge is 0.391 e. The minimum atomic E-state index is -0.629. The summed E-state index contributed by atoms with van der Waals surface area (Å²) in [5.41, 5.74) is 1.88. The molecule has 1 aliphatic heterocycles. The van der Waals surface area contributed by atoms with E-state index in [0.29, 0.717) is 22.7 Å². The predicted octanol–water partition coefficient (Wildman–Crippen LogP) is 3.91. The van der Waals surface area contributed by atoms with E-state index in [-0.39, 0.29) is 24.3 Å². The zero-order valence-electron chi connectivity index (χ0n) is 13.2. The second kappa shape index (κ2) is 6.17. The number of hydrogen-bond acceptors (Lipinski definition) is 2. The zero-order valence-corrected chi connectivity index (χ0v) is 14.0. The van der Waals surface area contributed by atoms with Gasteiger partial charge in [-0.3, -0.25) is 4.79 Å². The molecule has 128 valence electrons. The van der Waals surface area contributed by atoms with E-state index < -0.39 is 6.10 Å². The average molecular weight is 359 g/mol. The molecule has 1 fully saturated rings. The Kier molecular flexibility index (Phi) is 3.98. The van der Waals surface area contributed by atoms with Crippen LogP contribution in [0.1, 0.15) is 28.5 Å². The highest BCUT2D eigenvalue weighted by Gasteiger charge is 2.36. The van der Waals surface area contributed by atoms with Crippen LogP contribution in [0.3, 0.4) is 0 Å². The molecule has 2 atom stereocenters. The summed E-state index contributed by atoms with van der Waals surface area (Å²) in [6.07, 6.45) is -0.239. The maximum absolute atomic E-state index is 13.6. The third-order valence-corrected chi connectivity index (χ3v) is 4.82. The normalized spacial score (nSPS) is 20.4. The SMILES string of the molecule is O=C(c1cc2ccc(Cl)cc2[nH]1)N1C[C@H](O)C[C@@H]1c1cccc(F)c1. The molecule has 2 heterocycles. The first-order valence-electron chi connectivity index (χ1n) is 8.04. The van der Waals surface area contributed by atoms with E-state index in [9.17, 15) is 14.3 Å². The van der Waals surface area contributed by atoms with Crippen molar-refractivity contribution in [2.45, 2.75) is 18.6 Å². The summed E-state index contributed by atoms with van der Waals surface area (Å²) >= 11 is 5.99. The van der Waals surface area contributed by atoms with Gasteiger partial charge in [0.15, 0.2) is 0 Å². The highest BCUT2D eigenvalue weighted by atomic mass is 35.5. The van der Waals surface area contributed by atoms with Crippen LogP contribution in [0.25, 0.3) is 10.9 Å². The van der Waals surface area contributed by atoms with Gasteiger partial charge < -0.3 is 15.0 Å². The highest BCUT2D eigenvalue weighted by molar-refractivity contribution is 6.31. The second-order valence-electron chi connectivity index (χ2n) is 6.33. The Morgan fingerprint density at radius 3 is 2.88 bits per heavy atom. The van der Waals surface area contributed by atoms with Crippen molar-refractivity contribution < 1.29 is 14.3 Å². The third-order valence-electron chi connectivity index (χ3n) is 4.59. The number of β-amino-alcohol motifs (C(OH)–C–C–N with tert-alkyl or cyclic N) is 1. The van der Waals surface area contributed by atoms with Crippen molar-refractivity contribution in [3.8, 4) is 0 Å². The van der Waals surface area contributed by atoms with Gasteiger partial charge in [0, 0.05) is 22.5 Å². The van der Waals surface area contributed by atoms with Crippen LogP contribution in [0.2, 0.25) is 5.02 Å². The lowest BCUT2D eigenvalue weighted by atomic mass is 10.0. The smallest absolute Gasteiger partial charge is 0.270 e. The molecule has 3 aromatic rings. The predicted molar refractivity (Wildman–Crippen MR) is 94.1 cm³/mol. The quantitative estimate of drug-likeness (QED) is 0.729. The lowest BCUT2D eigenvalue weighted by Gasteiger charge is -2.24. The highest BCUT2D eigenvalue weighted by Crippen LogP contribution is 2.34. The van der Waals surface area contributed by atoms with E-state index in [1.165, 1.54) is 12.1 Å². The summed E-state index contributed by atoms with van der Waals surface area (Å²) in [5, 5.41) is 11.5. The van der Waals surface area contributed by atoms with Gasteiger partial charge in [0.05, 0.1) is 12.1 Å². The summed E-state index contributed by atoms with van der Waals surface area (Å²) < 4.78 is 13.6. The molecule has 0 aliphatic carbocycles. The lowest BCUT2D eigenvalue weighted by Crippen LogP contribution is -2.32. The number of aromatic amines is 1. The molecule has 4 nitrogen and oxygen atoms in total. The number of nitrogens with one attached hydrogen (secondary N) is 1. The number of nitrogens with zero attached hydrogens (tertiary/aromatic N) is 1. The van der Waals surface area contributed by atoms with Crippen molar-refractivity contribution >= 4 is 28.4 Å². The molecular weight excluding hydrogens is 343 g/mol. The van der Waals surface area contributed by atoms with Crippen molar-refractivity contribution in [1.82, 2.24) is 9.88 Å². The molecule has 1 aromatic heterocycles. The van der Waals surface area contributed by atoms with E-state index in [0.717, 1.165) is 10.9 Å². The Morgan fingerprint density at radius 1 is 1.24 bits per heavy atom. The molecule has 0 unspecified atom stereocenters. The minimum Gasteiger partial charge on any atom is -0.391 e. The van der Waals surface area contributed by atoms with E-state index >= 15 is 0 Å². The van der Waals surface area contributed by atoms with Crippen LogP contribution in [0.15, 0.2) is 48.5 Å². The summed E-state index contributed by atoms with van der Waals surface area (Å²) in [6, 6.07) is 12.9. The lowest BCUT2D eigenvalue weighted by molar-refractivity contribution is 0.0710. The second-order valence-corrected chi connectivity index (χ2v) is 6.77. The van der Waals surface area contributed by atoms with Crippen LogP contribution in [-0.4, -0.2) is 33.5 Å². The molecule has 0 radical (unpaired) electrons. The first kappa shape index (κ1) is 16.1. The maximum atomic E-state index is 13.6. The van der Waals surface area contributed by atoms with Crippen molar-refractivity contribution in [3.05, 3.63) is 70.6 Å². The monoisotopic (exact) mass is 358 g/mol. The number of benzene rings is 2. The summed E-state index contributed by atoms with van der Waals surface area (Å²) in [4.78, 5) is 17.6. The van der Waals surface area contributed by atoms with Crippen molar-refractivity contribution in [3.63, 3.8) is 0 Å². The molecule has 0 bridgehead atoms. The average Bonchev–Trinajstić information content (AvgIpc) is 3.17. The van der Waals surface area contributed by atoms with Gasteiger partial charge in [-0.15, -0.1) is 0 Å². The van der Waals surface area contributed by atoms with Crippen molar-refractivity contribution in [2.24, 2.45) is 0 Å². The molecule has 2 N–H and O–H groups in total. The van der Waals surface area contributed by atoms with Gasteiger partial charge in [0.1, 0.15) is 11.5 Å². The van der Waals surface area contributed by atoms with Gasteiger partial charge in [-0.2, -0.15) is 0 Å². The number of aliphatic hydroxyl groups excluding tert-OH is 1. The molecule has 6 heteroatoms. The Labute approximate surface area is 148 Å². The molecule has 1 aliphatic rings. The first-order valence-corrected chi connectivity index (χ1v) is 8.42. The number of likely N-dealkylation sites (tertiary alicyclic amines) is 1. The summed E-state index contributed by atoms with van der Waals surface area (Å²) in [5.74, 6) is -0.579. The maximum Gasteiger partial charge on any atom is 0.270 e. The molecule has 1 amide bonds. The number of amides is 1. The third kappa shape index (κ3) is 3.01. The van der Waals surface area contributed by atoms with Crippen molar-refractivity contribution in [1.29, 1.82) is 0 Å². The van der Waals surface area contributed by atoms with Gasteiger partial charge in [-0.25, -0.2) is 4.39 Å².